The maximum atomic E-state index is 12.7. The van der Waals surface area contributed by atoms with Gasteiger partial charge in [0.05, 0.1) is 0 Å². The normalized spacial score (nSPS) is 12.1. The molecule has 0 heterocycles. The van der Waals surface area contributed by atoms with Gasteiger partial charge in [0.15, 0.2) is 5.78 Å². The molecule has 0 aromatic heterocycles. The van der Waals surface area contributed by atoms with Gasteiger partial charge in [-0.25, -0.2) is 4.39 Å². The van der Waals surface area contributed by atoms with Gasteiger partial charge in [-0.15, -0.1) is 0 Å². The topological polar surface area (TPSA) is 43.1 Å². The second-order valence-corrected chi connectivity index (χ2v) is 4.15. The third-order valence-electron chi connectivity index (χ3n) is 2.80. The van der Waals surface area contributed by atoms with E-state index in [1.165, 1.54) is 24.3 Å². The molecule has 2 aromatic rings. The second kappa shape index (κ2) is 5.56. The predicted molar refractivity (Wildman–Crippen MR) is 68.7 cm³/mol. The van der Waals surface area contributed by atoms with E-state index < -0.39 is 0 Å². The molecule has 3 heteroatoms. The lowest BCUT2D eigenvalue weighted by Crippen LogP contribution is -2.15. The first kappa shape index (κ1) is 12.5. The Bertz CT molecular complexity index is 522. The molecular formula is C15H14FNO. The summed E-state index contributed by atoms with van der Waals surface area (Å²) in [5.41, 5.74) is 7.38. The first-order chi connectivity index (χ1) is 8.66. The number of rotatable bonds is 4. The second-order valence-electron chi connectivity index (χ2n) is 4.15. The molecule has 0 fully saturated rings. The van der Waals surface area contributed by atoms with Gasteiger partial charge in [-0.1, -0.05) is 30.3 Å². The molecule has 0 spiro atoms. The van der Waals surface area contributed by atoms with Crippen molar-refractivity contribution in [1.29, 1.82) is 0 Å². The molecule has 0 amide bonds. The van der Waals surface area contributed by atoms with Crippen molar-refractivity contribution in [2.75, 3.05) is 0 Å². The summed E-state index contributed by atoms with van der Waals surface area (Å²) in [6.45, 7) is 0. The smallest absolute Gasteiger partial charge is 0.164 e. The van der Waals surface area contributed by atoms with Crippen LogP contribution in [0, 0.1) is 5.82 Å². The summed E-state index contributed by atoms with van der Waals surface area (Å²) in [5.74, 6) is -0.426. The van der Waals surface area contributed by atoms with Gasteiger partial charge < -0.3 is 5.73 Å². The van der Waals surface area contributed by atoms with E-state index in [0.29, 0.717) is 5.56 Å². The number of benzene rings is 2. The molecule has 18 heavy (non-hydrogen) atoms. The third kappa shape index (κ3) is 3.02. The van der Waals surface area contributed by atoms with E-state index in [1.807, 2.05) is 30.3 Å². The van der Waals surface area contributed by atoms with Gasteiger partial charge in [0.1, 0.15) is 5.82 Å². The minimum Gasteiger partial charge on any atom is -0.324 e. The molecule has 92 valence electrons. The van der Waals surface area contributed by atoms with Crippen molar-refractivity contribution in [1.82, 2.24) is 0 Å². The molecule has 2 N–H and O–H groups in total. The quantitative estimate of drug-likeness (QED) is 0.838. The lowest BCUT2D eigenvalue weighted by molar-refractivity contribution is 0.0974. The fourth-order valence-electron chi connectivity index (χ4n) is 1.77. The van der Waals surface area contributed by atoms with Gasteiger partial charge >= 0.3 is 0 Å². The van der Waals surface area contributed by atoms with Crippen molar-refractivity contribution in [2.24, 2.45) is 5.73 Å². The molecule has 0 aliphatic rings. The highest BCUT2D eigenvalue weighted by atomic mass is 19.1. The Morgan fingerprint density at radius 1 is 1.06 bits per heavy atom. The van der Waals surface area contributed by atoms with Crippen LogP contribution in [-0.2, 0) is 0 Å². The van der Waals surface area contributed by atoms with Crippen molar-refractivity contribution in [2.45, 2.75) is 12.5 Å². The number of hydrogen-bond acceptors (Lipinski definition) is 2. The molecule has 0 radical (unpaired) electrons. The SMILES string of the molecule is NC(CC(=O)c1ccc(F)cc1)c1ccccc1. The van der Waals surface area contributed by atoms with Crippen molar-refractivity contribution >= 4 is 5.78 Å². The highest BCUT2D eigenvalue weighted by molar-refractivity contribution is 5.96. The molecule has 0 saturated heterocycles. The van der Waals surface area contributed by atoms with Gasteiger partial charge in [-0.3, -0.25) is 4.79 Å². The van der Waals surface area contributed by atoms with E-state index in [-0.39, 0.29) is 24.1 Å². The molecule has 1 unspecified atom stereocenters. The van der Waals surface area contributed by atoms with Crippen LogP contribution < -0.4 is 5.73 Å². The van der Waals surface area contributed by atoms with Crippen LogP contribution in [0.15, 0.2) is 54.6 Å². The molecule has 0 aliphatic heterocycles. The number of carbonyl (C=O) groups is 1. The molecule has 0 bridgehead atoms. The summed E-state index contributed by atoms with van der Waals surface area (Å²) < 4.78 is 12.7. The summed E-state index contributed by atoms with van der Waals surface area (Å²) >= 11 is 0. The molecule has 0 aliphatic carbocycles. The highest BCUT2D eigenvalue weighted by Crippen LogP contribution is 2.16. The summed E-state index contributed by atoms with van der Waals surface area (Å²) in [5, 5.41) is 0. The molecule has 2 nitrogen and oxygen atoms in total. The number of carbonyl (C=O) groups excluding carboxylic acids is 1. The van der Waals surface area contributed by atoms with Crippen LogP contribution in [0.25, 0.3) is 0 Å². The molecule has 1 atom stereocenters. The Hall–Kier alpha value is -2.00. The van der Waals surface area contributed by atoms with Crippen LogP contribution in [-0.4, -0.2) is 5.78 Å². The van der Waals surface area contributed by atoms with Gasteiger partial charge in [0.2, 0.25) is 0 Å². The number of halogens is 1. The Balaban J connectivity index is 2.06. The maximum Gasteiger partial charge on any atom is 0.164 e. The standard InChI is InChI=1S/C15H14FNO/c16-13-8-6-12(7-9-13)15(18)10-14(17)11-4-2-1-3-5-11/h1-9,14H,10,17H2. The summed E-state index contributed by atoms with van der Waals surface area (Å²) in [6, 6.07) is 14.6. The van der Waals surface area contributed by atoms with Crippen LogP contribution in [0.2, 0.25) is 0 Å². The highest BCUT2D eigenvalue weighted by Gasteiger charge is 2.13. The summed E-state index contributed by atoms with van der Waals surface area (Å²) in [6.07, 6.45) is 0.218. The fraction of sp³-hybridized carbons (Fsp3) is 0.133. The minimum absolute atomic E-state index is 0.0775. The Morgan fingerprint density at radius 2 is 1.67 bits per heavy atom. The Morgan fingerprint density at radius 3 is 2.28 bits per heavy atom. The molecule has 0 saturated carbocycles. The Kier molecular flexibility index (Phi) is 3.85. The van der Waals surface area contributed by atoms with Crippen LogP contribution in [0.3, 0.4) is 0 Å². The number of ketones is 1. The van der Waals surface area contributed by atoms with E-state index >= 15 is 0 Å². The zero-order valence-electron chi connectivity index (χ0n) is 9.84. The molecule has 2 aromatic carbocycles. The van der Waals surface area contributed by atoms with Crippen LogP contribution in [0.4, 0.5) is 4.39 Å². The van der Waals surface area contributed by atoms with Gasteiger partial charge in [0.25, 0.3) is 0 Å². The maximum absolute atomic E-state index is 12.7. The number of Topliss-reactive ketones (excluding diaryl/α,β-unsaturated/α-hetero) is 1. The minimum atomic E-state index is -0.348. The Labute approximate surface area is 105 Å². The zero-order chi connectivity index (χ0) is 13.0. The average Bonchev–Trinajstić information content (AvgIpc) is 2.40. The van der Waals surface area contributed by atoms with Crippen LogP contribution >= 0.6 is 0 Å². The summed E-state index contributed by atoms with van der Waals surface area (Å²) in [7, 11) is 0. The number of hydrogen-bond donors (Lipinski definition) is 1. The lowest BCUT2D eigenvalue weighted by Gasteiger charge is -2.11. The predicted octanol–water partition coefficient (Wildman–Crippen LogP) is 3.10. The first-order valence-electron chi connectivity index (χ1n) is 5.76. The van der Waals surface area contributed by atoms with Crippen LogP contribution in [0.1, 0.15) is 28.4 Å². The monoisotopic (exact) mass is 243 g/mol. The van der Waals surface area contributed by atoms with Crippen molar-refractivity contribution in [3.05, 3.63) is 71.5 Å². The van der Waals surface area contributed by atoms with Crippen molar-refractivity contribution in [3.63, 3.8) is 0 Å². The van der Waals surface area contributed by atoms with Gasteiger partial charge in [-0.05, 0) is 29.8 Å². The largest absolute Gasteiger partial charge is 0.324 e. The van der Waals surface area contributed by atoms with E-state index in [9.17, 15) is 9.18 Å². The first-order valence-corrected chi connectivity index (χ1v) is 5.76. The van der Waals surface area contributed by atoms with E-state index in [4.69, 9.17) is 5.73 Å². The van der Waals surface area contributed by atoms with Crippen LogP contribution in [0.5, 0.6) is 0 Å². The van der Waals surface area contributed by atoms with E-state index in [2.05, 4.69) is 0 Å². The van der Waals surface area contributed by atoms with E-state index in [1.54, 1.807) is 0 Å². The van der Waals surface area contributed by atoms with Crippen molar-refractivity contribution < 1.29 is 9.18 Å². The third-order valence-corrected chi connectivity index (χ3v) is 2.80. The van der Waals surface area contributed by atoms with Gasteiger partial charge in [-0.2, -0.15) is 0 Å². The van der Waals surface area contributed by atoms with Crippen molar-refractivity contribution in [3.8, 4) is 0 Å². The molecule has 2 rings (SSSR count). The zero-order valence-corrected chi connectivity index (χ0v) is 9.84. The molecular weight excluding hydrogens is 229 g/mol. The van der Waals surface area contributed by atoms with Gasteiger partial charge in [0, 0.05) is 18.0 Å². The van der Waals surface area contributed by atoms with E-state index in [0.717, 1.165) is 5.56 Å². The fourth-order valence-corrected chi connectivity index (χ4v) is 1.77. The summed E-state index contributed by atoms with van der Waals surface area (Å²) in [4.78, 5) is 11.9. The lowest BCUT2D eigenvalue weighted by atomic mass is 9.99. The number of nitrogens with two attached hydrogens (primary N) is 1. The average molecular weight is 243 g/mol.